The highest BCUT2D eigenvalue weighted by atomic mass is 79.9. The number of morpholine rings is 1. The molecule has 1 aliphatic rings. The Bertz CT molecular complexity index is 629. The molecule has 0 amide bonds. The molecular weight excluding hydrogens is 328 g/mol. The van der Waals surface area contributed by atoms with Gasteiger partial charge in [-0.15, -0.1) is 0 Å². The summed E-state index contributed by atoms with van der Waals surface area (Å²) in [5, 5.41) is 2.07. The minimum absolute atomic E-state index is 0.104. The second kappa shape index (κ2) is 6.03. The smallest absolute Gasteiger partial charge is 0.0806 e. The van der Waals surface area contributed by atoms with Crippen molar-refractivity contribution in [2.24, 2.45) is 0 Å². The number of nitrogens with zero attached hydrogens (tertiary/aromatic N) is 2. The van der Waals surface area contributed by atoms with Gasteiger partial charge in [0, 0.05) is 30.4 Å². The van der Waals surface area contributed by atoms with Crippen molar-refractivity contribution in [2.45, 2.75) is 32.1 Å². The molecule has 3 nitrogen and oxygen atoms in total. The Morgan fingerprint density at radius 3 is 2.90 bits per heavy atom. The summed E-state index contributed by atoms with van der Waals surface area (Å²) in [6.07, 6.45) is 0.245. The minimum Gasteiger partial charge on any atom is -0.369 e. The summed E-state index contributed by atoms with van der Waals surface area (Å²) < 4.78 is 6.05. The highest BCUT2D eigenvalue weighted by Crippen LogP contribution is 2.23. The van der Waals surface area contributed by atoms with Gasteiger partial charge >= 0.3 is 0 Å². The van der Waals surface area contributed by atoms with Gasteiger partial charge in [0.15, 0.2) is 0 Å². The molecule has 112 valence electrons. The number of ether oxygens (including phenoxy) is 1. The Hall–Kier alpha value is -0.970. The summed E-state index contributed by atoms with van der Waals surface area (Å²) in [6.45, 7) is 7.07. The lowest BCUT2D eigenvalue weighted by Crippen LogP contribution is -2.52. The van der Waals surface area contributed by atoms with E-state index in [1.54, 1.807) is 0 Å². The van der Waals surface area contributed by atoms with Crippen molar-refractivity contribution in [2.75, 3.05) is 18.4 Å². The van der Waals surface area contributed by atoms with E-state index in [0.717, 1.165) is 36.2 Å². The van der Waals surface area contributed by atoms with Gasteiger partial charge in [0.25, 0.3) is 0 Å². The van der Waals surface area contributed by atoms with E-state index in [-0.39, 0.29) is 11.7 Å². The number of hydrogen-bond acceptors (Lipinski definition) is 3. The molecule has 2 aromatic rings. The number of pyridine rings is 1. The van der Waals surface area contributed by atoms with E-state index in [1.807, 2.05) is 6.07 Å². The lowest BCUT2D eigenvalue weighted by molar-refractivity contribution is -0.128. The van der Waals surface area contributed by atoms with Crippen molar-refractivity contribution in [3.05, 3.63) is 42.1 Å². The molecule has 0 bridgehead atoms. The number of rotatable bonds is 3. The van der Waals surface area contributed by atoms with Gasteiger partial charge in [0.1, 0.15) is 0 Å². The molecule has 3 rings (SSSR count). The zero-order chi connectivity index (χ0) is 14.9. The zero-order valence-corrected chi connectivity index (χ0v) is 14.1. The third-order valence-corrected chi connectivity index (χ3v) is 4.49. The van der Waals surface area contributed by atoms with E-state index in [9.17, 15) is 0 Å². The maximum atomic E-state index is 6.05. The number of aromatic nitrogens is 1. The number of halogens is 1. The molecule has 1 atom stereocenters. The lowest BCUT2D eigenvalue weighted by atomic mass is 10.1. The molecule has 0 aliphatic carbocycles. The average molecular weight is 349 g/mol. The van der Waals surface area contributed by atoms with Crippen molar-refractivity contribution in [1.29, 1.82) is 0 Å². The Balaban J connectivity index is 1.77. The summed E-state index contributed by atoms with van der Waals surface area (Å²) in [4.78, 5) is 7.21. The molecule has 2 heterocycles. The van der Waals surface area contributed by atoms with Crippen molar-refractivity contribution >= 4 is 26.8 Å². The van der Waals surface area contributed by atoms with Gasteiger partial charge in [-0.3, -0.25) is 9.88 Å². The van der Waals surface area contributed by atoms with Crippen LogP contribution < -0.4 is 0 Å². The van der Waals surface area contributed by atoms with Crippen LogP contribution in [-0.2, 0) is 11.3 Å². The largest absolute Gasteiger partial charge is 0.369 e. The Morgan fingerprint density at radius 2 is 2.10 bits per heavy atom. The predicted octanol–water partition coefficient (Wildman–Crippen LogP) is 3.61. The third-order valence-electron chi connectivity index (χ3n) is 3.77. The van der Waals surface area contributed by atoms with Crippen LogP contribution >= 0.6 is 15.9 Å². The summed E-state index contributed by atoms with van der Waals surface area (Å²) >= 11 is 3.54. The van der Waals surface area contributed by atoms with Crippen molar-refractivity contribution in [1.82, 2.24) is 9.88 Å². The summed E-state index contributed by atoms with van der Waals surface area (Å²) in [7, 11) is 0. The van der Waals surface area contributed by atoms with Crippen LogP contribution in [0.5, 0.6) is 0 Å². The van der Waals surface area contributed by atoms with Crippen molar-refractivity contribution in [3.8, 4) is 0 Å². The van der Waals surface area contributed by atoms with Gasteiger partial charge in [-0.25, -0.2) is 0 Å². The fourth-order valence-corrected chi connectivity index (χ4v) is 3.38. The standard InChI is InChI=1S/C17H21BrN2O/c1-17(2)12-20(11-15(9-18)21-17)10-14-8-7-13-5-3-4-6-16(13)19-14/h3-8,15H,9-12H2,1-2H3. The molecule has 1 aliphatic heterocycles. The molecular formula is C17H21BrN2O. The quantitative estimate of drug-likeness (QED) is 0.792. The lowest BCUT2D eigenvalue weighted by Gasteiger charge is -2.42. The summed E-state index contributed by atoms with van der Waals surface area (Å²) in [5.74, 6) is 0. The monoisotopic (exact) mass is 348 g/mol. The van der Waals surface area contributed by atoms with Gasteiger partial charge < -0.3 is 4.74 Å². The SMILES string of the molecule is CC1(C)CN(Cc2ccc3ccccc3n2)CC(CBr)O1. The number of para-hydroxylation sites is 1. The first-order valence-electron chi connectivity index (χ1n) is 7.36. The molecule has 0 radical (unpaired) electrons. The van der Waals surface area contributed by atoms with Crippen LogP contribution in [0.4, 0.5) is 0 Å². The molecule has 0 saturated carbocycles. The normalized spacial score (nSPS) is 22.5. The number of hydrogen-bond donors (Lipinski definition) is 0. The second-order valence-corrected chi connectivity index (χ2v) is 6.97. The number of benzene rings is 1. The zero-order valence-electron chi connectivity index (χ0n) is 12.6. The first-order chi connectivity index (χ1) is 10.1. The summed E-state index contributed by atoms with van der Waals surface area (Å²) in [6, 6.07) is 12.6. The highest BCUT2D eigenvalue weighted by molar-refractivity contribution is 9.09. The van der Waals surface area contributed by atoms with E-state index in [4.69, 9.17) is 9.72 Å². The van der Waals surface area contributed by atoms with Crippen molar-refractivity contribution < 1.29 is 4.74 Å². The number of alkyl halides is 1. The van der Waals surface area contributed by atoms with Crippen LogP contribution in [0, 0.1) is 0 Å². The Morgan fingerprint density at radius 1 is 1.29 bits per heavy atom. The molecule has 1 saturated heterocycles. The van der Waals surface area contributed by atoms with E-state index in [2.05, 4.69) is 65.0 Å². The molecule has 4 heteroatoms. The fraction of sp³-hybridized carbons (Fsp3) is 0.471. The predicted molar refractivity (Wildman–Crippen MR) is 89.8 cm³/mol. The molecule has 1 aromatic heterocycles. The highest BCUT2D eigenvalue weighted by Gasteiger charge is 2.32. The third kappa shape index (κ3) is 3.62. The molecule has 1 fully saturated rings. The van der Waals surface area contributed by atoms with Gasteiger partial charge in [-0.05, 0) is 26.0 Å². The van der Waals surface area contributed by atoms with Crippen LogP contribution in [0.3, 0.4) is 0 Å². The Labute approximate surface area is 134 Å². The van der Waals surface area contributed by atoms with Crippen LogP contribution in [0.1, 0.15) is 19.5 Å². The van der Waals surface area contributed by atoms with Gasteiger partial charge in [0.05, 0.1) is 22.9 Å². The van der Waals surface area contributed by atoms with E-state index in [1.165, 1.54) is 5.39 Å². The van der Waals surface area contributed by atoms with E-state index < -0.39 is 0 Å². The maximum absolute atomic E-state index is 6.05. The molecule has 0 N–H and O–H groups in total. The molecule has 1 unspecified atom stereocenters. The van der Waals surface area contributed by atoms with Crippen LogP contribution in [0.2, 0.25) is 0 Å². The van der Waals surface area contributed by atoms with Crippen LogP contribution in [0.15, 0.2) is 36.4 Å². The van der Waals surface area contributed by atoms with E-state index in [0.29, 0.717) is 0 Å². The molecule has 21 heavy (non-hydrogen) atoms. The Kier molecular flexibility index (Phi) is 4.29. The van der Waals surface area contributed by atoms with Crippen LogP contribution in [0.25, 0.3) is 10.9 Å². The van der Waals surface area contributed by atoms with Crippen LogP contribution in [-0.4, -0.2) is 40.0 Å². The second-order valence-electron chi connectivity index (χ2n) is 6.32. The molecule has 0 spiro atoms. The van der Waals surface area contributed by atoms with Crippen molar-refractivity contribution in [3.63, 3.8) is 0 Å². The first-order valence-corrected chi connectivity index (χ1v) is 8.49. The first kappa shape index (κ1) is 14.9. The summed E-state index contributed by atoms with van der Waals surface area (Å²) in [5.41, 5.74) is 2.09. The maximum Gasteiger partial charge on any atom is 0.0806 e. The van der Waals surface area contributed by atoms with Gasteiger partial charge in [0.2, 0.25) is 0 Å². The topological polar surface area (TPSA) is 25.4 Å². The van der Waals surface area contributed by atoms with E-state index >= 15 is 0 Å². The van der Waals surface area contributed by atoms with Gasteiger partial charge in [-0.1, -0.05) is 40.2 Å². The van der Waals surface area contributed by atoms with Gasteiger partial charge in [-0.2, -0.15) is 0 Å². The average Bonchev–Trinajstić information content (AvgIpc) is 2.45. The number of fused-ring (bicyclic) bond motifs is 1. The fourth-order valence-electron chi connectivity index (χ4n) is 3.04. The molecule has 1 aromatic carbocycles. The minimum atomic E-state index is -0.104.